The first-order chi connectivity index (χ1) is 9.72. The van der Waals surface area contributed by atoms with Crippen molar-refractivity contribution in [1.29, 1.82) is 5.41 Å². The molecular weight excluding hydrogens is 250 g/mol. The smallest absolute Gasteiger partial charge is 0.152 e. The predicted octanol–water partition coefficient (Wildman–Crippen LogP) is 3.07. The van der Waals surface area contributed by atoms with Crippen LogP contribution in [-0.4, -0.2) is 11.8 Å². The highest BCUT2D eigenvalue weighted by Gasteiger charge is 2.26. The molecule has 0 radical (unpaired) electrons. The molecule has 0 fully saturated rings. The van der Waals surface area contributed by atoms with Crippen LogP contribution in [0.25, 0.3) is 10.8 Å². The van der Waals surface area contributed by atoms with Gasteiger partial charge in [0.15, 0.2) is 5.75 Å². The monoisotopic (exact) mass is 263 g/mol. The van der Waals surface area contributed by atoms with Crippen molar-refractivity contribution in [2.24, 2.45) is 0 Å². The molecule has 1 heterocycles. The molecule has 1 aliphatic carbocycles. The molecule has 4 nitrogen and oxygen atoms in total. The molecule has 0 aromatic heterocycles. The minimum atomic E-state index is -0.0244. The lowest BCUT2D eigenvalue weighted by Gasteiger charge is -2.30. The fourth-order valence-corrected chi connectivity index (χ4v) is 2.69. The summed E-state index contributed by atoms with van der Waals surface area (Å²) in [5.41, 5.74) is 8.18. The van der Waals surface area contributed by atoms with Gasteiger partial charge in [-0.1, -0.05) is 30.3 Å². The third kappa shape index (κ3) is 1.51. The number of nitrogens with one attached hydrogen (secondary N) is 2. The number of hydrogen-bond donors (Lipinski definition) is 3. The van der Waals surface area contributed by atoms with Crippen molar-refractivity contribution in [2.45, 2.75) is 6.04 Å². The SMILES string of the molecule is N=C1C=CC2Nc3c(cc(N)c4ccccc34)OC2=C1. The first-order valence-electron chi connectivity index (χ1n) is 6.46. The summed E-state index contributed by atoms with van der Waals surface area (Å²) >= 11 is 0. The van der Waals surface area contributed by atoms with E-state index in [1.807, 2.05) is 36.4 Å². The molecule has 0 amide bonds. The number of rotatable bonds is 0. The van der Waals surface area contributed by atoms with Crippen LogP contribution in [0.1, 0.15) is 0 Å². The normalized spacial score (nSPS) is 19.7. The molecule has 1 unspecified atom stereocenters. The predicted molar refractivity (Wildman–Crippen MR) is 81.3 cm³/mol. The van der Waals surface area contributed by atoms with E-state index in [9.17, 15) is 0 Å². The average molecular weight is 263 g/mol. The van der Waals surface area contributed by atoms with E-state index in [1.165, 1.54) is 0 Å². The lowest BCUT2D eigenvalue weighted by molar-refractivity contribution is 0.394. The van der Waals surface area contributed by atoms with Crippen molar-refractivity contribution in [2.75, 3.05) is 11.1 Å². The van der Waals surface area contributed by atoms with Gasteiger partial charge in [0.2, 0.25) is 0 Å². The zero-order valence-corrected chi connectivity index (χ0v) is 10.7. The van der Waals surface area contributed by atoms with Crippen LogP contribution in [0.4, 0.5) is 11.4 Å². The molecule has 2 aromatic carbocycles. The van der Waals surface area contributed by atoms with Crippen molar-refractivity contribution < 1.29 is 4.74 Å². The van der Waals surface area contributed by atoms with Gasteiger partial charge < -0.3 is 21.2 Å². The highest BCUT2D eigenvalue weighted by molar-refractivity contribution is 6.06. The van der Waals surface area contributed by atoms with Crippen molar-refractivity contribution in [3.05, 3.63) is 54.3 Å². The summed E-state index contributed by atoms with van der Waals surface area (Å²) in [6.45, 7) is 0. The molecule has 0 bridgehead atoms. The summed E-state index contributed by atoms with van der Waals surface area (Å²) in [5, 5.41) is 13.2. The molecule has 2 aliphatic rings. The van der Waals surface area contributed by atoms with E-state index in [1.54, 1.807) is 12.2 Å². The van der Waals surface area contributed by atoms with Crippen molar-refractivity contribution >= 4 is 27.9 Å². The zero-order valence-electron chi connectivity index (χ0n) is 10.7. The van der Waals surface area contributed by atoms with E-state index < -0.39 is 0 Å². The average Bonchev–Trinajstić information content (AvgIpc) is 2.46. The van der Waals surface area contributed by atoms with Gasteiger partial charge in [0.25, 0.3) is 0 Å². The molecule has 4 N–H and O–H groups in total. The maximum Gasteiger partial charge on any atom is 0.152 e. The Morgan fingerprint density at radius 3 is 2.85 bits per heavy atom. The third-order valence-electron chi connectivity index (χ3n) is 3.64. The van der Waals surface area contributed by atoms with E-state index in [-0.39, 0.29) is 6.04 Å². The number of ether oxygens (including phenoxy) is 1. The lowest BCUT2D eigenvalue weighted by Crippen LogP contribution is -2.30. The lowest BCUT2D eigenvalue weighted by atomic mass is 10.0. The van der Waals surface area contributed by atoms with Gasteiger partial charge in [-0.25, -0.2) is 0 Å². The van der Waals surface area contributed by atoms with Crippen LogP contribution in [0.5, 0.6) is 5.75 Å². The Bertz CT molecular complexity index is 805. The second-order valence-electron chi connectivity index (χ2n) is 4.97. The highest BCUT2D eigenvalue weighted by Crippen LogP contribution is 2.42. The first kappa shape index (κ1) is 11.1. The Hall–Kier alpha value is -2.75. The quantitative estimate of drug-likeness (QED) is 0.640. The molecule has 98 valence electrons. The van der Waals surface area contributed by atoms with E-state index in [4.69, 9.17) is 15.9 Å². The highest BCUT2D eigenvalue weighted by atomic mass is 16.5. The van der Waals surface area contributed by atoms with Crippen molar-refractivity contribution in [3.8, 4) is 5.75 Å². The molecule has 0 spiro atoms. The summed E-state index contributed by atoms with van der Waals surface area (Å²) in [4.78, 5) is 0. The minimum absolute atomic E-state index is 0.0244. The van der Waals surface area contributed by atoms with Crippen LogP contribution in [0.3, 0.4) is 0 Å². The number of nitrogens with two attached hydrogens (primary N) is 1. The summed E-state index contributed by atoms with van der Waals surface area (Å²) in [7, 11) is 0. The van der Waals surface area contributed by atoms with Gasteiger partial charge in [-0.15, -0.1) is 0 Å². The molecule has 4 heteroatoms. The van der Waals surface area contributed by atoms with Gasteiger partial charge >= 0.3 is 0 Å². The van der Waals surface area contributed by atoms with E-state index in [0.717, 1.165) is 22.2 Å². The Morgan fingerprint density at radius 1 is 1.20 bits per heavy atom. The summed E-state index contributed by atoms with van der Waals surface area (Å²) in [5.74, 6) is 1.45. The molecule has 1 atom stereocenters. The van der Waals surface area contributed by atoms with Crippen LogP contribution < -0.4 is 15.8 Å². The molecule has 2 aromatic rings. The summed E-state index contributed by atoms with van der Waals surface area (Å²) < 4.78 is 5.92. The number of hydrogen-bond acceptors (Lipinski definition) is 4. The maximum atomic E-state index is 7.67. The second-order valence-corrected chi connectivity index (χ2v) is 4.97. The van der Waals surface area contributed by atoms with Crippen molar-refractivity contribution in [1.82, 2.24) is 0 Å². The maximum absolute atomic E-state index is 7.67. The van der Waals surface area contributed by atoms with Crippen LogP contribution >= 0.6 is 0 Å². The molecule has 4 rings (SSSR count). The number of fused-ring (bicyclic) bond motifs is 4. The summed E-state index contributed by atoms with van der Waals surface area (Å²) in [6, 6.07) is 9.81. The molecule has 0 saturated heterocycles. The Balaban J connectivity index is 1.95. The topological polar surface area (TPSA) is 71.1 Å². The number of allylic oxidation sites excluding steroid dienone is 2. The van der Waals surface area contributed by atoms with Gasteiger partial charge in [0.05, 0.1) is 11.4 Å². The minimum Gasteiger partial charge on any atom is -0.457 e. The van der Waals surface area contributed by atoms with Gasteiger partial charge in [0.1, 0.15) is 11.8 Å². The van der Waals surface area contributed by atoms with Crippen LogP contribution in [0.15, 0.2) is 54.3 Å². The van der Waals surface area contributed by atoms with Gasteiger partial charge in [-0.2, -0.15) is 0 Å². The van der Waals surface area contributed by atoms with E-state index >= 15 is 0 Å². The molecule has 20 heavy (non-hydrogen) atoms. The number of anilines is 2. The Kier molecular flexibility index (Phi) is 2.15. The largest absolute Gasteiger partial charge is 0.457 e. The first-order valence-corrected chi connectivity index (χ1v) is 6.46. The summed E-state index contributed by atoms with van der Waals surface area (Å²) in [6.07, 6.45) is 5.44. The Morgan fingerprint density at radius 2 is 2.00 bits per heavy atom. The zero-order chi connectivity index (χ0) is 13.7. The standard InChI is InChI=1S/C16H13N3O/c17-9-5-6-13-14(7-9)20-15-8-12(18)10-3-1-2-4-11(10)16(15)19-13/h1-8,13,17,19H,18H2. The molecule has 1 aliphatic heterocycles. The van der Waals surface area contributed by atoms with Gasteiger partial charge in [-0.05, 0) is 6.08 Å². The van der Waals surface area contributed by atoms with Crippen LogP contribution in [0.2, 0.25) is 0 Å². The fourth-order valence-electron chi connectivity index (χ4n) is 2.69. The molecule has 0 saturated carbocycles. The second kappa shape index (κ2) is 3.87. The molecular formula is C16H13N3O. The fraction of sp³-hybridized carbons (Fsp3) is 0.0625. The van der Waals surface area contributed by atoms with Crippen LogP contribution in [-0.2, 0) is 0 Å². The number of benzene rings is 2. The van der Waals surface area contributed by atoms with Crippen LogP contribution in [0, 0.1) is 5.41 Å². The van der Waals surface area contributed by atoms with Gasteiger partial charge in [-0.3, -0.25) is 0 Å². The Labute approximate surface area is 116 Å². The van der Waals surface area contributed by atoms with E-state index in [2.05, 4.69) is 5.32 Å². The number of nitrogen functional groups attached to an aromatic ring is 1. The third-order valence-corrected chi connectivity index (χ3v) is 3.64. The van der Waals surface area contributed by atoms with Crippen molar-refractivity contribution in [3.63, 3.8) is 0 Å². The van der Waals surface area contributed by atoms with E-state index in [0.29, 0.717) is 17.1 Å². The van der Waals surface area contributed by atoms with Gasteiger partial charge in [0, 0.05) is 28.6 Å².